The number of nitrogens with zero attached hydrogens (tertiary/aromatic N) is 3. The molecule has 0 bridgehead atoms. The number of anilines is 1. The quantitative estimate of drug-likeness (QED) is 0.416. The molecule has 172 valence electrons. The summed E-state index contributed by atoms with van der Waals surface area (Å²) < 4.78 is 6.16. The van der Waals surface area contributed by atoms with Crippen molar-refractivity contribution in [1.82, 2.24) is 15.1 Å². The standard InChI is InChI=1S/C24H25BrN4O3S/c1-32-14-13-29(23(31)20-15-19(20)16-5-3-2-4-6-16)12-11-21(30)26-24-28-27-22(33-24)17-7-9-18(25)10-8-17/h2-10,19-20H,11-15H2,1H3,(H,26,28,30). The van der Waals surface area contributed by atoms with Gasteiger partial charge >= 0.3 is 0 Å². The number of nitrogens with one attached hydrogen (secondary N) is 1. The zero-order chi connectivity index (χ0) is 23.2. The first-order valence-corrected chi connectivity index (χ1v) is 12.4. The van der Waals surface area contributed by atoms with Gasteiger partial charge in [0.25, 0.3) is 0 Å². The Morgan fingerprint density at radius 3 is 2.61 bits per heavy atom. The Morgan fingerprint density at radius 1 is 1.12 bits per heavy atom. The van der Waals surface area contributed by atoms with Gasteiger partial charge in [-0.05, 0) is 30.0 Å². The number of aromatic nitrogens is 2. The van der Waals surface area contributed by atoms with Crippen LogP contribution in [0.1, 0.15) is 24.3 Å². The third-order valence-corrected chi connectivity index (χ3v) is 7.00. The smallest absolute Gasteiger partial charge is 0.227 e. The van der Waals surface area contributed by atoms with Crippen LogP contribution in [0.2, 0.25) is 0 Å². The Labute approximate surface area is 205 Å². The maximum Gasteiger partial charge on any atom is 0.227 e. The molecule has 4 rings (SSSR count). The SMILES string of the molecule is COCCN(CCC(=O)Nc1nnc(-c2ccc(Br)cc2)s1)C(=O)C1CC1c1ccccc1. The largest absolute Gasteiger partial charge is 0.383 e. The number of methoxy groups -OCH3 is 1. The molecule has 0 radical (unpaired) electrons. The summed E-state index contributed by atoms with van der Waals surface area (Å²) in [6.07, 6.45) is 1.04. The van der Waals surface area contributed by atoms with Crippen LogP contribution < -0.4 is 5.32 Å². The molecule has 1 aliphatic carbocycles. The van der Waals surface area contributed by atoms with E-state index in [4.69, 9.17) is 4.74 Å². The second-order valence-electron chi connectivity index (χ2n) is 7.89. The van der Waals surface area contributed by atoms with Gasteiger partial charge < -0.3 is 15.0 Å². The molecular formula is C24H25BrN4O3S. The predicted octanol–water partition coefficient (Wildman–Crippen LogP) is 4.57. The van der Waals surface area contributed by atoms with Crippen molar-refractivity contribution >= 4 is 44.2 Å². The van der Waals surface area contributed by atoms with Gasteiger partial charge in [-0.3, -0.25) is 9.59 Å². The lowest BCUT2D eigenvalue weighted by molar-refractivity contribution is -0.133. The average Bonchev–Trinajstić information content (AvgIpc) is 3.51. The van der Waals surface area contributed by atoms with Gasteiger partial charge in [0.05, 0.1) is 6.61 Å². The second-order valence-corrected chi connectivity index (χ2v) is 9.79. The first-order valence-electron chi connectivity index (χ1n) is 10.8. The molecule has 1 heterocycles. The average molecular weight is 529 g/mol. The van der Waals surface area contributed by atoms with Gasteiger partial charge in [0, 0.05) is 42.6 Å². The van der Waals surface area contributed by atoms with Crippen LogP contribution in [0.25, 0.3) is 10.6 Å². The van der Waals surface area contributed by atoms with Crippen LogP contribution in [0.15, 0.2) is 59.1 Å². The summed E-state index contributed by atoms with van der Waals surface area (Å²) in [6, 6.07) is 17.9. The molecule has 2 aromatic carbocycles. The molecule has 1 fully saturated rings. The summed E-state index contributed by atoms with van der Waals surface area (Å²) in [5.74, 6) is 0.126. The lowest BCUT2D eigenvalue weighted by atomic mass is 10.1. The minimum Gasteiger partial charge on any atom is -0.383 e. The molecule has 1 aromatic heterocycles. The number of hydrogen-bond acceptors (Lipinski definition) is 6. The third-order valence-electron chi connectivity index (χ3n) is 5.58. The number of carbonyl (C=O) groups excluding carboxylic acids is 2. The summed E-state index contributed by atoms with van der Waals surface area (Å²) in [6.45, 7) is 1.24. The van der Waals surface area contributed by atoms with E-state index in [9.17, 15) is 9.59 Å². The Morgan fingerprint density at radius 2 is 1.88 bits per heavy atom. The van der Waals surface area contributed by atoms with Crippen LogP contribution in [0.4, 0.5) is 5.13 Å². The van der Waals surface area contributed by atoms with E-state index in [2.05, 4.69) is 43.6 Å². The fourth-order valence-electron chi connectivity index (χ4n) is 3.71. The van der Waals surface area contributed by atoms with E-state index in [0.29, 0.717) is 24.8 Å². The molecule has 1 N–H and O–H groups in total. The molecule has 1 saturated carbocycles. The highest BCUT2D eigenvalue weighted by molar-refractivity contribution is 9.10. The number of rotatable bonds is 10. The molecule has 0 spiro atoms. The van der Waals surface area contributed by atoms with Crippen molar-refractivity contribution in [3.8, 4) is 10.6 Å². The number of carbonyl (C=O) groups is 2. The summed E-state index contributed by atoms with van der Waals surface area (Å²) in [4.78, 5) is 27.3. The highest BCUT2D eigenvalue weighted by Crippen LogP contribution is 2.48. The van der Waals surface area contributed by atoms with Crippen LogP contribution in [-0.4, -0.2) is 53.7 Å². The second kappa shape index (κ2) is 11.0. The topological polar surface area (TPSA) is 84.4 Å². The number of halogens is 1. The zero-order valence-corrected chi connectivity index (χ0v) is 20.6. The monoisotopic (exact) mass is 528 g/mol. The van der Waals surface area contributed by atoms with E-state index in [1.807, 2.05) is 42.5 Å². The third kappa shape index (κ3) is 6.25. The number of hydrogen-bond donors (Lipinski definition) is 1. The molecular weight excluding hydrogens is 504 g/mol. The van der Waals surface area contributed by atoms with Crippen molar-refractivity contribution in [1.29, 1.82) is 0 Å². The van der Waals surface area contributed by atoms with Crippen molar-refractivity contribution in [2.45, 2.75) is 18.8 Å². The Kier molecular flexibility index (Phi) is 7.85. The van der Waals surface area contributed by atoms with E-state index in [1.165, 1.54) is 16.9 Å². The summed E-state index contributed by atoms with van der Waals surface area (Å²) in [5, 5.41) is 12.2. The fraction of sp³-hybridized carbons (Fsp3) is 0.333. The predicted molar refractivity (Wildman–Crippen MR) is 132 cm³/mol. The molecule has 2 atom stereocenters. The van der Waals surface area contributed by atoms with E-state index < -0.39 is 0 Å². The normalized spacial score (nSPS) is 16.9. The fourth-order valence-corrected chi connectivity index (χ4v) is 4.74. The Bertz CT molecular complexity index is 1090. The van der Waals surface area contributed by atoms with Crippen LogP contribution in [0.5, 0.6) is 0 Å². The summed E-state index contributed by atoms with van der Waals surface area (Å²) >= 11 is 4.73. The van der Waals surface area contributed by atoms with Crippen LogP contribution in [0, 0.1) is 5.92 Å². The first kappa shape index (κ1) is 23.5. The van der Waals surface area contributed by atoms with Gasteiger partial charge in [-0.25, -0.2) is 0 Å². The van der Waals surface area contributed by atoms with Crippen molar-refractivity contribution in [3.05, 3.63) is 64.6 Å². The van der Waals surface area contributed by atoms with Crippen molar-refractivity contribution < 1.29 is 14.3 Å². The van der Waals surface area contributed by atoms with E-state index in [1.54, 1.807) is 12.0 Å². The zero-order valence-electron chi connectivity index (χ0n) is 18.2. The van der Waals surface area contributed by atoms with Gasteiger partial charge in [-0.1, -0.05) is 69.7 Å². The molecule has 9 heteroatoms. The first-order chi connectivity index (χ1) is 16.0. The number of amides is 2. The highest BCUT2D eigenvalue weighted by atomic mass is 79.9. The molecule has 1 aliphatic rings. The van der Waals surface area contributed by atoms with Crippen molar-refractivity contribution in [2.75, 3.05) is 32.1 Å². The van der Waals surface area contributed by atoms with Gasteiger partial charge in [0.2, 0.25) is 16.9 Å². The summed E-state index contributed by atoms with van der Waals surface area (Å²) in [7, 11) is 1.61. The maximum atomic E-state index is 13.1. The molecule has 0 saturated heterocycles. The molecule has 2 amide bonds. The van der Waals surface area contributed by atoms with Gasteiger partial charge in [-0.15, -0.1) is 10.2 Å². The molecule has 33 heavy (non-hydrogen) atoms. The van der Waals surface area contributed by atoms with Crippen molar-refractivity contribution in [3.63, 3.8) is 0 Å². The van der Waals surface area contributed by atoms with Crippen molar-refractivity contribution in [2.24, 2.45) is 5.92 Å². The van der Waals surface area contributed by atoms with Gasteiger partial charge in [0.1, 0.15) is 5.01 Å². The molecule has 7 nitrogen and oxygen atoms in total. The summed E-state index contributed by atoms with van der Waals surface area (Å²) in [5.41, 5.74) is 2.13. The minimum absolute atomic E-state index is 0.0241. The lowest BCUT2D eigenvalue weighted by Crippen LogP contribution is -2.37. The number of benzene rings is 2. The van der Waals surface area contributed by atoms with Crippen LogP contribution >= 0.6 is 27.3 Å². The number of ether oxygens (including phenoxy) is 1. The minimum atomic E-state index is -0.195. The van der Waals surface area contributed by atoms with Crippen LogP contribution in [-0.2, 0) is 14.3 Å². The molecule has 0 aliphatic heterocycles. The lowest BCUT2D eigenvalue weighted by Gasteiger charge is -2.22. The van der Waals surface area contributed by atoms with E-state index in [0.717, 1.165) is 21.5 Å². The van der Waals surface area contributed by atoms with Gasteiger partial charge in [-0.2, -0.15) is 0 Å². The highest BCUT2D eigenvalue weighted by Gasteiger charge is 2.45. The molecule has 2 unspecified atom stereocenters. The van der Waals surface area contributed by atoms with E-state index in [-0.39, 0.29) is 30.1 Å². The van der Waals surface area contributed by atoms with E-state index >= 15 is 0 Å². The Hall–Kier alpha value is -2.62. The maximum absolute atomic E-state index is 13.1. The van der Waals surface area contributed by atoms with Gasteiger partial charge in [0.15, 0.2) is 0 Å². The molecule has 3 aromatic rings. The van der Waals surface area contributed by atoms with Crippen LogP contribution in [0.3, 0.4) is 0 Å². The Balaban J connectivity index is 1.31.